The molecule has 1 unspecified atom stereocenters. The van der Waals surface area contributed by atoms with Gasteiger partial charge in [0.1, 0.15) is 0 Å². The number of alkyl halides is 1. The van der Waals surface area contributed by atoms with Gasteiger partial charge in [0.05, 0.1) is 10.9 Å². The highest BCUT2D eigenvalue weighted by molar-refractivity contribution is 9.10. The smallest absolute Gasteiger partial charge is 0.234 e. The van der Waals surface area contributed by atoms with Crippen LogP contribution in [-0.4, -0.2) is 10.7 Å². The minimum Gasteiger partial charge on any atom is -0.349 e. The van der Waals surface area contributed by atoms with E-state index in [9.17, 15) is 4.79 Å². The molecular formula is C12H15Br2NO. The van der Waals surface area contributed by atoms with E-state index in [1.807, 2.05) is 38.1 Å². The van der Waals surface area contributed by atoms with E-state index >= 15 is 0 Å². The van der Waals surface area contributed by atoms with Crippen LogP contribution in [0.5, 0.6) is 0 Å². The van der Waals surface area contributed by atoms with Crippen molar-refractivity contribution in [1.82, 2.24) is 5.32 Å². The van der Waals surface area contributed by atoms with Gasteiger partial charge in [-0.25, -0.2) is 0 Å². The first-order valence-corrected chi connectivity index (χ1v) is 6.95. The lowest BCUT2D eigenvalue weighted by molar-refractivity contribution is -0.121. The fourth-order valence-electron chi connectivity index (χ4n) is 1.35. The Balaban J connectivity index is 2.65. The molecule has 0 aliphatic heterocycles. The van der Waals surface area contributed by atoms with E-state index in [1.54, 1.807) is 0 Å². The van der Waals surface area contributed by atoms with Gasteiger partial charge in [0, 0.05) is 4.47 Å². The summed E-state index contributed by atoms with van der Waals surface area (Å²) in [5.41, 5.74) is 1.10. The predicted octanol–water partition coefficient (Wildman–Crippen LogP) is 3.80. The molecule has 0 aromatic heterocycles. The van der Waals surface area contributed by atoms with Gasteiger partial charge >= 0.3 is 0 Å². The van der Waals surface area contributed by atoms with Crippen LogP contribution in [0.2, 0.25) is 0 Å². The molecule has 1 aromatic rings. The van der Waals surface area contributed by atoms with Crippen LogP contribution < -0.4 is 5.32 Å². The first-order valence-electron chi connectivity index (χ1n) is 5.24. The average Bonchev–Trinajstić information content (AvgIpc) is 2.27. The molecule has 0 bridgehead atoms. The summed E-state index contributed by atoms with van der Waals surface area (Å²) in [5, 5.41) is 2.97. The summed E-state index contributed by atoms with van der Waals surface area (Å²) in [7, 11) is 0. The minimum atomic E-state index is -0.109. The van der Waals surface area contributed by atoms with E-state index in [-0.39, 0.29) is 16.8 Å². The Kier molecular flexibility index (Phi) is 5.49. The molecule has 1 amide bonds. The second-order valence-corrected chi connectivity index (χ2v) is 5.68. The average molecular weight is 349 g/mol. The van der Waals surface area contributed by atoms with Crippen LogP contribution in [0.1, 0.15) is 31.9 Å². The third kappa shape index (κ3) is 3.91. The lowest BCUT2D eigenvalue weighted by Gasteiger charge is -2.16. The van der Waals surface area contributed by atoms with E-state index in [1.165, 1.54) is 0 Å². The fourth-order valence-corrected chi connectivity index (χ4v) is 1.90. The van der Waals surface area contributed by atoms with E-state index in [0.717, 1.165) is 16.5 Å². The van der Waals surface area contributed by atoms with Gasteiger partial charge in [0.15, 0.2) is 0 Å². The Morgan fingerprint density at radius 2 is 2.19 bits per heavy atom. The van der Waals surface area contributed by atoms with Crippen LogP contribution in [-0.2, 0) is 4.79 Å². The zero-order valence-corrected chi connectivity index (χ0v) is 12.5. The lowest BCUT2D eigenvalue weighted by atomic mass is 10.1. The molecule has 16 heavy (non-hydrogen) atoms. The summed E-state index contributed by atoms with van der Waals surface area (Å²) in [6, 6.07) is 7.98. The van der Waals surface area contributed by atoms with Crippen LogP contribution in [0, 0.1) is 0 Å². The summed E-state index contributed by atoms with van der Waals surface area (Å²) in [6.07, 6.45) is 0.789. The molecule has 4 heteroatoms. The molecule has 0 saturated heterocycles. The summed E-state index contributed by atoms with van der Waals surface area (Å²) in [6.45, 7) is 3.96. The van der Waals surface area contributed by atoms with Crippen molar-refractivity contribution in [3.63, 3.8) is 0 Å². The van der Waals surface area contributed by atoms with Crippen molar-refractivity contribution in [3.8, 4) is 0 Å². The number of carbonyl (C=O) groups excluding carboxylic acids is 1. The van der Waals surface area contributed by atoms with Crippen LogP contribution in [0.25, 0.3) is 0 Å². The van der Waals surface area contributed by atoms with Crippen molar-refractivity contribution in [3.05, 3.63) is 34.3 Å². The van der Waals surface area contributed by atoms with Crippen molar-refractivity contribution in [2.45, 2.75) is 31.1 Å². The van der Waals surface area contributed by atoms with Crippen molar-refractivity contribution < 1.29 is 4.79 Å². The van der Waals surface area contributed by atoms with Gasteiger partial charge in [0.2, 0.25) is 5.91 Å². The quantitative estimate of drug-likeness (QED) is 0.824. The largest absolute Gasteiger partial charge is 0.349 e. The number of amides is 1. The molecule has 1 aromatic carbocycles. The van der Waals surface area contributed by atoms with E-state index in [4.69, 9.17) is 0 Å². The van der Waals surface area contributed by atoms with Gasteiger partial charge in [-0.3, -0.25) is 4.79 Å². The van der Waals surface area contributed by atoms with Crippen molar-refractivity contribution >= 4 is 37.8 Å². The summed E-state index contributed by atoms with van der Waals surface area (Å²) in [5.74, 6) is 0.0370. The van der Waals surface area contributed by atoms with Crippen LogP contribution in [0.3, 0.4) is 0 Å². The standard InChI is InChI=1S/C12H15Br2NO/c1-3-11(14)12(16)15-8(2)9-5-4-6-10(13)7-9/h4-8,11H,3H2,1-2H3,(H,15,16)/t8-,11?/m0/s1. The van der Waals surface area contributed by atoms with Crippen LogP contribution >= 0.6 is 31.9 Å². The van der Waals surface area contributed by atoms with E-state index in [2.05, 4.69) is 37.2 Å². The normalized spacial score (nSPS) is 14.2. The Morgan fingerprint density at radius 1 is 1.50 bits per heavy atom. The number of hydrogen-bond donors (Lipinski definition) is 1. The molecule has 2 atom stereocenters. The van der Waals surface area contributed by atoms with Crippen LogP contribution in [0.15, 0.2) is 28.7 Å². The van der Waals surface area contributed by atoms with Crippen molar-refractivity contribution in [1.29, 1.82) is 0 Å². The summed E-state index contributed by atoms with van der Waals surface area (Å²) >= 11 is 6.75. The first-order chi connectivity index (χ1) is 7.54. The maximum Gasteiger partial charge on any atom is 0.234 e. The second kappa shape index (κ2) is 6.40. The molecule has 0 aliphatic carbocycles. The number of halogens is 2. The molecule has 88 valence electrons. The van der Waals surface area contributed by atoms with Gasteiger partial charge in [-0.05, 0) is 31.0 Å². The highest BCUT2D eigenvalue weighted by Crippen LogP contribution is 2.18. The Labute approximate surface area is 113 Å². The van der Waals surface area contributed by atoms with Gasteiger partial charge in [0.25, 0.3) is 0 Å². The highest BCUT2D eigenvalue weighted by Gasteiger charge is 2.15. The fraction of sp³-hybridized carbons (Fsp3) is 0.417. The number of hydrogen-bond acceptors (Lipinski definition) is 1. The monoisotopic (exact) mass is 347 g/mol. The van der Waals surface area contributed by atoms with Crippen molar-refractivity contribution in [2.75, 3.05) is 0 Å². The number of nitrogens with one attached hydrogen (secondary N) is 1. The number of rotatable bonds is 4. The van der Waals surface area contributed by atoms with E-state index < -0.39 is 0 Å². The molecule has 1 N–H and O–H groups in total. The molecule has 0 spiro atoms. The predicted molar refractivity (Wildman–Crippen MR) is 73.7 cm³/mol. The summed E-state index contributed by atoms with van der Waals surface area (Å²) < 4.78 is 1.02. The van der Waals surface area contributed by atoms with Crippen LogP contribution in [0.4, 0.5) is 0 Å². The maximum atomic E-state index is 11.7. The third-order valence-electron chi connectivity index (χ3n) is 2.35. The Morgan fingerprint density at radius 3 is 2.75 bits per heavy atom. The number of carbonyl (C=O) groups is 1. The molecule has 0 radical (unpaired) electrons. The Hall–Kier alpha value is -0.350. The molecule has 0 aliphatic rings. The molecule has 0 saturated carbocycles. The second-order valence-electron chi connectivity index (χ2n) is 3.66. The van der Waals surface area contributed by atoms with E-state index in [0.29, 0.717) is 0 Å². The third-order valence-corrected chi connectivity index (χ3v) is 3.91. The van der Waals surface area contributed by atoms with Crippen molar-refractivity contribution in [2.24, 2.45) is 0 Å². The maximum absolute atomic E-state index is 11.7. The number of benzene rings is 1. The zero-order chi connectivity index (χ0) is 12.1. The lowest BCUT2D eigenvalue weighted by Crippen LogP contribution is -2.32. The molecule has 0 fully saturated rings. The highest BCUT2D eigenvalue weighted by atomic mass is 79.9. The van der Waals surface area contributed by atoms with Gasteiger partial charge < -0.3 is 5.32 Å². The molecule has 2 nitrogen and oxygen atoms in total. The van der Waals surface area contributed by atoms with Gasteiger partial charge in [-0.2, -0.15) is 0 Å². The molecule has 1 rings (SSSR count). The summed E-state index contributed by atoms with van der Waals surface area (Å²) in [4.78, 5) is 11.6. The SMILES string of the molecule is CCC(Br)C(=O)N[C@@H](C)c1cccc(Br)c1. The Bertz CT molecular complexity index is 368. The topological polar surface area (TPSA) is 29.1 Å². The van der Waals surface area contributed by atoms with Gasteiger partial charge in [-0.1, -0.05) is 50.9 Å². The molecule has 0 heterocycles. The minimum absolute atomic E-state index is 0.0246. The zero-order valence-electron chi connectivity index (χ0n) is 9.34. The molecular weight excluding hydrogens is 334 g/mol. The first kappa shape index (κ1) is 13.7. The van der Waals surface area contributed by atoms with Gasteiger partial charge in [-0.15, -0.1) is 0 Å².